The van der Waals surface area contributed by atoms with E-state index in [4.69, 9.17) is 5.41 Å². The van der Waals surface area contributed by atoms with Gasteiger partial charge in [0.05, 0.1) is 4.88 Å². The lowest BCUT2D eigenvalue weighted by Gasteiger charge is -2.24. The maximum atomic E-state index is 8.17. The van der Waals surface area contributed by atoms with Crippen molar-refractivity contribution in [2.45, 2.75) is 12.8 Å². The van der Waals surface area contributed by atoms with Gasteiger partial charge in [-0.1, -0.05) is 18.7 Å². The predicted octanol–water partition coefficient (Wildman–Crippen LogP) is 4.68. The fraction of sp³-hybridized carbons (Fsp3) is 0.250. The summed E-state index contributed by atoms with van der Waals surface area (Å²) in [7, 11) is 0. The quantitative estimate of drug-likeness (QED) is 0.408. The number of thiophene rings is 1. The summed E-state index contributed by atoms with van der Waals surface area (Å²) in [6.45, 7) is 6.53. The molecular weight excluding hydrogens is 328 g/mol. The van der Waals surface area contributed by atoms with E-state index in [9.17, 15) is 0 Å². The van der Waals surface area contributed by atoms with Crippen LogP contribution in [0.3, 0.4) is 0 Å². The molecule has 5 heteroatoms. The Balaban J connectivity index is 1.56. The summed E-state index contributed by atoms with van der Waals surface area (Å²) in [5, 5.41) is 18.0. The zero-order chi connectivity index (χ0) is 17.2. The maximum absolute atomic E-state index is 8.17. The monoisotopic (exact) mass is 350 g/mol. The van der Waals surface area contributed by atoms with Crippen molar-refractivity contribution in [3.63, 3.8) is 0 Å². The van der Waals surface area contributed by atoms with Crippen LogP contribution in [0.4, 0.5) is 5.69 Å². The molecule has 1 aliphatic rings. The lowest BCUT2D eigenvalue weighted by Crippen LogP contribution is -2.28. The van der Waals surface area contributed by atoms with Crippen LogP contribution in [-0.4, -0.2) is 23.9 Å². The summed E-state index contributed by atoms with van der Waals surface area (Å²) in [4.78, 5) is 4.31. The molecule has 1 aliphatic heterocycles. The topological polar surface area (TPSA) is 63.7 Å². The molecule has 0 saturated carbocycles. The van der Waals surface area contributed by atoms with Gasteiger partial charge in [0.15, 0.2) is 0 Å². The summed E-state index contributed by atoms with van der Waals surface area (Å²) in [6.07, 6.45) is 4.38. The third kappa shape index (κ3) is 3.25. The number of anilines is 1. The number of H-pyrrole nitrogens is 1. The van der Waals surface area contributed by atoms with E-state index in [0.717, 1.165) is 42.0 Å². The van der Waals surface area contributed by atoms with Gasteiger partial charge in [-0.2, -0.15) is 0 Å². The van der Waals surface area contributed by atoms with Crippen LogP contribution in [0.2, 0.25) is 0 Å². The smallest absolute Gasteiger partial charge is 0.140 e. The summed E-state index contributed by atoms with van der Waals surface area (Å²) < 4.78 is 0. The molecule has 0 amide bonds. The summed E-state index contributed by atoms with van der Waals surface area (Å²) in [6, 6.07) is 10.1. The Hall–Kier alpha value is -2.37. The van der Waals surface area contributed by atoms with Gasteiger partial charge < -0.3 is 15.6 Å². The molecule has 4 N–H and O–H groups in total. The van der Waals surface area contributed by atoms with Crippen molar-refractivity contribution in [1.29, 1.82) is 5.41 Å². The van der Waals surface area contributed by atoms with Gasteiger partial charge in [-0.05, 0) is 61.0 Å². The number of benzene rings is 1. The van der Waals surface area contributed by atoms with E-state index in [1.165, 1.54) is 16.5 Å². The van der Waals surface area contributed by atoms with Crippen molar-refractivity contribution in [1.82, 2.24) is 10.3 Å². The van der Waals surface area contributed by atoms with E-state index in [1.54, 1.807) is 11.3 Å². The predicted molar refractivity (Wildman–Crippen MR) is 108 cm³/mol. The summed E-state index contributed by atoms with van der Waals surface area (Å²) in [5.41, 5.74) is 4.46. The first-order valence-electron chi connectivity index (χ1n) is 8.63. The number of hydrogen-bond donors (Lipinski definition) is 4. The van der Waals surface area contributed by atoms with E-state index >= 15 is 0 Å². The Morgan fingerprint density at radius 3 is 2.84 bits per heavy atom. The number of aromatic nitrogens is 1. The van der Waals surface area contributed by atoms with E-state index in [2.05, 4.69) is 40.5 Å². The van der Waals surface area contributed by atoms with Crippen LogP contribution in [0, 0.1) is 11.3 Å². The highest BCUT2D eigenvalue weighted by Gasteiger charge is 2.19. The standard InChI is InChI=1S/C20H22N4S/c1-13(14-6-8-22-9-7-14)17-12-23-18-11-15(4-5-16(17)18)24-20(21)19-3-2-10-25-19/h2-5,10-12,14,22-23H,1,6-9H2,(H2,21,24). The highest BCUT2D eigenvalue weighted by atomic mass is 32.1. The van der Waals surface area contributed by atoms with Gasteiger partial charge in [0.2, 0.25) is 0 Å². The van der Waals surface area contributed by atoms with Gasteiger partial charge in [-0.3, -0.25) is 5.41 Å². The third-order valence-electron chi connectivity index (χ3n) is 4.90. The second-order valence-electron chi connectivity index (χ2n) is 6.49. The first-order chi connectivity index (χ1) is 12.2. The fourth-order valence-electron chi connectivity index (χ4n) is 3.49. The molecule has 1 aromatic carbocycles. The van der Waals surface area contributed by atoms with E-state index < -0.39 is 0 Å². The van der Waals surface area contributed by atoms with Crippen LogP contribution in [0.5, 0.6) is 0 Å². The van der Waals surface area contributed by atoms with Gasteiger partial charge in [-0.15, -0.1) is 11.3 Å². The molecule has 0 spiro atoms. The Morgan fingerprint density at radius 2 is 2.08 bits per heavy atom. The average Bonchev–Trinajstić information content (AvgIpc) is 3.31. The number of allylic oxidation sites excluding steroid dienone is 1. The van der Waals surface area contributed by atoms with Gasteiger partial charge in [-0.25, -0.2) is 0 Å². The zero-order valence-corrected chi connectivity index (χ0v) is 14.9. The molecule has 0 radical (unpaired) electrons. The molecule has 4 rings (SSSR count). The molecule has 0 unspecified atom stereocenters. The molecule has 0 atom stereocenters. The average molecular weight is 350 g/mol. The lowest BCUT2D eigenvalue weighted by molar-refractivity contribution is 0.447. The minimum absolute atomic E-state index is 0.431. The van der Waals surface area contributed by atoms with Crippen molar-refractivity contribution in [3.05, 3.63) is 58.9 Å². The number of piperidine rings is 1. The molecule has 25 heavy (non-hydrogen) atoms. The van der Waals surface area contributed by atoms with Crippen molar-refractivity contribution in [2.24, 2.45) is 5.92 Å². The lowest BCUT2D eigenvalue weighted by atomic mass is 9.86. The van der Waals surface area contributed by atoms with Crippen LogP contribution in [0.1, 0.15) is 23.3 Å². The van der Waals surface area contributed by atoms with Gasteiger partial charge >= 0.3 is 0 Å². The second kappa shape index (κ2) is 6.86. The summed E-state index contributed by atoms with van der Waals surface area (Å²) >= 11 is 1.57. The fourth-order valence-corrected chi connectivity index (χ4v) is 4.12. The second-order valence-corrected chi connectivity index (χ2v) is 7.44. The molecule has 1 fully saturated rings. The molecule has 0 aliphatic carbocycles. The Bertz CT molecular complexity index is 901. The Kier molecular flexibility index (Phi) is 4.42. The molecule has 4 nitrogen and oxygen atoms in total. The molecule has 2 aromatic heterocycles. The first-order valence-corrected chi connectivity index (χ1v) is 9.51. The Labute approximate surface area is 151 Å². The van der Waals surface area contributed by atoms with E-state index in [1.807, 2.05) is 23.6 Å². The van der Waals surface area contributed by atoms with Crippen molar-refractivity contribution < 1.29 is 0 Å². The number of nitrogens with one attached hydrogen (secondary N) is 4. The molecule has 3 aromatic rings. The highest BCUT2D eigenvalue weighted by Crippen LogP contribution is 2.34. The van der Waals surface area contributed by atoms with Crippen molar-refractivity contribution in [2.75, 3.05) is 18.4 Å². The number of fused-ring (bicyclic) bond motifs is 1. The Morgan fingerprint density at radius 1 is 1.24 bits per heavy atom. The molecule has 128 valence electrons. The van der Waals surface area contributed by atoms with Gasteiger partial charge in [0.25, 0.3) is 0 Å². The SMILES string of the molecule is C=C(c1c[nH]c2cc(NC(=N)c3cccs3)ccc12)C1CCNCC1. The van der Waals surface area contributed by atoms with Crippen LogP contribution in [0.25, 0.3) is 16.5 Å². The minimum atomic E-state index is 0.431. The van der Waals surface area contributed by atoms with Crippen molar-refractivity contribution in [3.8, 4) is 0 Å². The van der Waals surface area contributed by atoms with Gasteiger partial charge in [0, 0.05) is 28.4 Å². The zero-order valence-electron chi connectivity index (χ0n) is 14.1. The number of amidine groups is 1. The van der Waals surface area contributed by atoms with E-state index in [-0.39, 0.29) is 0 Å². The van der Waals surface area contributed by atoms with Gasteiger partial charge in [0.1, 0.15) is 5.84 Å². The third-order valence-corrected chi connectivity index (χ3v) is 5.78. The van der Waals surface area contributed by atoms with Crippen LogP contribution >= 0.6 is 11.3 Å². The number of aromatic amines is 1. The van der Waals surface area contributed by atoms with Crippen LogP contribution in [0.15, 0.2) is 48.5 Å². The molecule has 0 bridgehead atoms. The van der Waals surface area contributed by atoms with Crippen molar-refractivity contribution >= 4 is 39.3 Å². The highest BCUT2D eigenvalue weighted by molar-refractivity contribution is 7.12. The summed E-state index contributed by atoms with van der Waals surface area (Å²) in [5.74, 6) is 0.991. The number of hydrogen-bond acceptors (Lipinski definition) is 3. The maximum Gasteiger partial charge on any atom is 0.140 e. The molecular formula is C20H22N4S. The van der Waals surface area contributed by atoms with Crippen LogP contribution < -0.4 is 10.6 Å². The molecule has 3 heterocycles. The van der Waals surface area contributed by atoms with E-state index in [0.29, 0.717) is 11.8 Å². The molecule has 1 saturated heterocycles. The normalized spacial score (nSPS) is 15.4. The largest absolute Gasteiger partial charge is 0.360 e. The minimum Gasteiger partial charge on any atom is -0.360 e. The number of rotatable bonds is 4. The van der Waals surface area contributed by atoms with Crippen LogP contribution in [-0.2, 0) is 0 Å². The first kappa shape index (κ1) is 16.1.